The number of carbonyl (C=O) groups excluding carboxylic acids is 3. The third-order valence-electron chi connectivity index (χ3n) is 16.2. The van der Waals surface area contributed by atoms with E-state index in [2.05, 4.69) is 16.0 Å². The number of aliphatic hydroxyl groups is 20. The second-order valence-electron chi connectivity index (χ2n) is 22.7. The summed E-state index contributed by atoms with van der Waals surface area (Å²) >= 11 is 0. The van der Waals surface area contributed by atoms with Crippen LogP contribution in [-0.2, 0) is 71.2 Å². The molecule has 3 amide bonds. The molecule has 6 heterocycles. The molecular weight excluding hydrogens is 1240 g/mol. The summed E-state index contributed by atoms with van der Waals surface area (Å²) in [5.41, 5.74) is 5.58. The number of nitrogens with two attached hydrogens (primary N) is 1. The molecule has 31 atom stereocenters. The standard InChI is InChI=1S/C52H92N4O35/c53-8-3-1-2-6-27(62)56-19(46(79)55-10-12-81-50-43(78)45(91-52-41(76)37(72)31(66)23(16-60)87-52)33(68)25(89-50)18-83-48-39(74)35(70)29(64)21(14-58)85-48)5-4-7-26(61)54-9-11-80-49-42(77)44(90-51-40(75)36(71)30(65)22(15-59)86-51)32(67)24(88-49)17-82-47-38(73)34(69)28(63)20(13-57)84-47/h19-25,28-45,47-52,57-60,63-78H,1-18,53H2,(H,54,61)(H,55,79)(H,56,62)/t19-,20+,21+,22+,23+,24+,25+,28+,29+,30+,31+,32+,33+,34-,35-,36-,37-,38-,39-,40-,41-,42-,43-,44-,45-,47-,48-,49-,50-,51-,52-/m0/s1. The van der Waals surface area contributed by atoms with Crippen molar-refractivity contribution in [3.05, 3.63) is 0 Å². The first-order valence-corrected chi connectivity index (χ1v) is 29.9. The van der Waals surface area contributed by atoms with Gasteiger partial charge >= 0.3 is 0 Å². The van der Waals surface area contributed by atoms with Gasteiger partial charge in [-0.1, -0.05) is 6.42 Å². The molecule has 0 aromatic carbocycles. The normalized spacial score (nSPS) is 42.6. The quantitative estimate of drug-likeness (QED) is 0.0271. The Balaban J connectivity index is 1.04. The van der Waals surface area contributed by atoms with Crippen LogP contribution in [0.4, 0.5) is 0 Å². The minimum absolute atomic E-state index is 0.00870. The van der Waals surface area contributed by atoms with Crippen LogP contribution < -0.4 is 21.7 Å². The fourth-order valence-corrected chi connectivity index (χ4v) is 10.7. The summed E-state index contributed by atoms with van der Waals surface area (Å²) in [7, 11) is 0. The van der Waals surface area contributed by atoms with Crippen LogP contribution in [0.15, 0.2) is 0 Å². The molecule has 0 radical (unpaired) electrons. The van der Waals surface area contributed by atoms with Crippen molar-refractivity contribution in [3.8, 4) is 0 Å². The van der Waals surface area contributed by atoms with Gasteiger partial charge in [0.2, 0.25) is 17.7 Å². The van der Waals surface area contributed by atoms with Gasteiger partial charge in [-0.25, -0.2) is 0 Å². The van der Waals surface area contributed by atoms with Crippen molar-refractivity contribution >= 4 is 17.7 Å². The number of amides is 3. The zero-order valence-corrected chi connectivity index (χ0v) is 49.3. The van der Waals surface area contributed by atoms with Gasteiger partial charge < -0.3 is 181 Å². The Morgan fingerprint density at radius 3 is 1.12 bits per heavy atom. The van der Waals surface area contributed by atoms with E-state index in [-0.39, 0.29) is 38.8 Å². The molecule has 6 fully saturated rings. The van der Waals surface area contributed by atoms with E-state index in [0.29, 0.717) is 25.8 Å². The molecule has 91 heavy (non-hydrogen) atoms. The second kappa shape index (κ2) is 37.0. The van der Waals surface area contributed by atoms with E-state index >= 15 is 0 Å². The second-order valence-corrected chi connectivity index (χ2v) is 22.7. The lowest BCUT2D eigenvalue weighted by Gasteiger charge is -2.46. The van der Waals surface area contributed by atoms with Crippen LogP contribution >= 0.6 is 0 Å². The number of aliphatic hydroxyl groups excluding tert-OH is 20. The monoisotopic (exact) mass is 1330 g/mol. The topological polar surface area (TPSA) is 629 Å². The van der Waals surface area contributed by atoms with Crippen molar-refractivity contribution in [1.29, 1.82) is 0 Å². The molecule has 6 aliphatic heterocycles. The average Bonchev–Trinajstić information content (AvgIpc) is 0.904. The van der Waals surface area contributed by atoms with E-state index in [9.17, 15) is 117 Å². The van der Waals surface area contributed by atoms with E-state index in [1.807, 2.05) is 0 Å². The number of rotatable bonds is 33. The van der Waals surface area contributed by atoms with Gasteiger partial charge in [0.1, 0.15) is 153 Å². The molecule has 0 saturated carbocycles. The number of unbranched alkanes of at least 4 members (excludes halogenated alkanes) is 2. The number of nitrogens with one attached hydrogen (secondary N) is 3. The zero-order chi connectivity index (χ0) is 67.0. The number of carbonyl (C=O) groups is 3. The Hall–Kier alpha value is -2.91. The lowest BCUT2D eigenvalue weighted by molar-refractivity contribution is -0.366. The predicted octanol–water partition coefficient (Wildman–Crippen LogP) is -14.7. The van der Waals surface area contributed by atoms with Crippen LogP contribution in [0.5, 0.6) is 0 Å². The smallest absolute Gasteiger partial charge is 0.242 e. The van der Waals surface area contributed by atoms with E-state index in [0.717, 1.165) is 0 Å². The van der Waals surface area contributed by atoms with Crippen molar-refractivity contribution in [2.45, 2.75) is 235 Å². The van der Waals surface area contributed by atoms with Crippen LogP contribution in [-0.4, -0.2) is 383 Å². The van der Waals surface area contributed by atoms with Crippen molar-refractivity contribution in [2.24, 2.45) is 5.73 Å². The molecule has 0 bridgehead atoms. The lowest BCUT2D eigenvalue weighted by atomic mass is 9.96. The minimum Gasteiger partial charge on any atom is -0.394 e. The van der Waals surface area contributed by atoms with Gasteiger partial charge in [0.25, 0.3) is 0 Å². The third-order valence-corrected chi connectivity index (χ3v) is 16.2. The molecular formula is C52H92N4O35. The van der Waals surface area contributed by atoms with Crippen LogP contribution in [0.2, 0.25) is 0 Å². The Kier molecular flexibility index (Phi) is 31.3. The van der Waals surface area contributed by atoms with Crippen LogP contribution in [0, 0.1) is 0 Å². The number of ether oxygens (including phenoxy) is 12. The first-order chi connectivity index (χ1) is 43.3. The highest BCUT2D eigenvalue weighted by Crippen LogP contribution is 2.34. The molecule has 39 heteroatoms. The molecule has 0 aliphatic carbocycles. The summed E-state index contributed by atoms with van der Waals surface area (Å²) in [6.45, 7) is -5.97. The fraction of sp³-hybridized carbons (Fsp3) is 0.942. The summed E-state index contributed by atoms with van der Waals surface area (Å²) in [5, 5.41) is 217. The Labute approximate surface area is 519 Å². The largest absolute Gasteiger partial charge is 0.394 e. The van der Waals surface area contributed by atoms with Crippen LogP contribution in [0.3, 0.4) is 0 Å². The van der Waals surface area contributed by atoms with E-state index in [1.54, 1.807) is 0 Å². The summed E-state index contributed by atoms with van der Waals surface area (Å²) in [6, 6.07) is -1.25. The number of hydrogen-bond donors (Lipinski definition) is 24. The highest BCUT2D eigenvalue weighted by molar-refractivity contribution is 5.87. The molecule has 0 spiro atoms. The highest BCUT2D eigenvalue weighted by atomic mass is 16.8. The first kappa shape index (κ1) is 77.1. The van der Waals surface area contributed by atoms with Gasteiger partial charge in [-0.2, -0.15) is 0 Å². The molecule has 39 nitrogen and oxygen atoms in total. The van der Waals surface area contributed by atoms with Crippen molar-refractivity contribution < 1.29 is 173 Å². The molecule has 6 saturated heterocycles. The van der Waals surface area contributed by atoms with E-state index < -0.39 is 261 Å². The van der Waals surface area contributed by atoms with Gasteiger partial charge in [0.05, 0.1) is 52.9 Å². The fourth-order valence-electron chi connectivity index (χ4n) is 10.7. The summed E-state index contributed by atoms with van der Waals surface area (Å²) in [5.74, 6) is -1.87. The molecule has 25 N–H and O–H groups in total. The van der Waals surface area contributed by atoms with Gasteiger partial charge in [-0.05, 0) is 32.2 Å². The third kappa shape index (κ3) is 20.1. The Morgan fingerprint density at radius 2 is 0.725 bits per heavy atom. The van der Waals surface area contributed by atoms with Gasteiger partial charge in [-0.15, -0.1) is 0 Å². The lowest BCUT2D eigenvalue weighted by Crippen LogP contribution is -2.65. The molecule has 0 aromatic heterocycles. The minimum atomic E-state index is -2.01. The molecule has 530 valence electrons. The molecule has 0 unspecified atom stereocenters. The maximum absolute atomic E-state index is 13.7. The SMILES string of the molecule is NCCCCCC(=O)N[C@@H](CCCC(=O)NCCO[C@H]1O[C@H](CO[C@H]2O[C@H](CO)[C@@H](O)[C@H](O)[C@@H]2O)[C@@H](O)[C@H](O[C@@H]2O[C@H](CO)[C@@H](O)[C@H](O)[C@@H]2O)[C@@H]1O)C(=O)NCCO[C@H]1O[C@H](CO[C@H]2O[C@H](CO)[C@@H](O)[C@H](O)[C@@H]2O)[C@@H](O)[C@H](O[C@@H]2O[C@H](CO)[C@@H](O)[C@H](O)[C@@H]2O)[C@@H]1O. The maximum atomic E-state index is 13.7. The van der Waals surface area contributed by atoms with Crippen molar-refractivity contribution in [1.82, 2.24) is 16.0 Å². The van der Waals surface area contributed by atoms with Crippen LogP contribution in [0.1, 0.15) is 44.9 Å². The Morgan fingerprint density at radius 1 is 0.374 bits per heavy atom. The first-order valence-electron chi connectivity index (χ1n) is 29.9. The van der Waals surface area contributed by atoms with Gasteiger partial charge in [0.15, 0.2) is 37.7 Å². The van der Waals surface area contributed by atoms with E-state index in [4.69, 9.17) is 62.6 Å². The van der Waals surface area contributed by atoms with E-state index in [1.165, 1.54) is 0 Å². The van der Waals surface area contributed by atoms with Gasteiger partial charge in [-0.3, -0.25) is 14.4 Å². The van der Waals surface area contributed by atoms with Crippen molar-refractivity contribution in [3.63, 3.8) is 0 Å². The maximum Gasteiger partial charge on any atom is 0.242 e. The predicted molar refractivity (Wildman–Crippen MR) is 289 cm³/mol. The van der Waals surface area contributed by atoms with Crippen LogP contribution in [0.25, 0.3) is 0 Å². The number of hydrogen-bond acceptors (Lipinski definition) is 36. The molecule has 6 aliphatic rings. The average molecular weight is 1330 g/mol. The summed E-state index contributed by atoms with van der Waals surface area (Å²) in [4.78, 5) is 39.9. The van der Waals surface area contributed by atoms with Gasteiger partial charge in [0, 0.05) is 25.9 Å². The Bertz CT molecular complexity index is 2150. The summed E-state index contributed by atoms with van der Waals surface area (Å²) < 4.78 is 67.1. The zero-order valence-electron chi connectivity index (χ0n) is 49.3. The molecule has 0 aromatic rings. The highest BCUT2D eigenvalue weighted by Gasteiger charge is 2.55. The molecule has 6 rings (SSSR count). The summed E-state index contributed by atoms with van der Waals surface area (Å²) in [6.07, 6.45) is -52.4. The van der Waals surface area contributed by atoms with Crippen molar-refractivity contribution in [2.75, 3.05) is 72.5 Å².